The second-order valence-electron chi connectivity index (χ2n) is 6.63. The number of ether oxygens (including phenoxy) is 4. The van der Waals surface area contributed by atoms with E-state index in [9.17, 15) is 14.4 Å². The molecule has 3 amide bonds. The van der Waals surface area contributed by atoms with Crippen LogP contribution in [0, 0.1) is 13.8 Å². The van der Waals surface area contributed by atoms with Gasteiger partial charge in [-0.3, -0.25) is 10.1 Å². The van der Waals surface area contributed by atoms with Crippen molar-refractivity contribution in [3.05, 3.63) is 47.5 Å². The van der Waals surface area contributed by atoms with Gasteiger partial charge in [-0.1, -0.05) is 6.07 Å². The molecule has 0 radical (unpaired) electrons. The molecular weight excluding hydrogens is 392 g/mol. The molecule has 1 heterocycles. The molecule has 0 saturated heterocycles. The molecule has 2 aromatic carbocycles. The first-order valence-electron chi connectivity index (χ1n) is 9.26. The number of hydrogen-bond acceptors (Lipinski definition) is 7. The van der Waals surface area contributed by atoms with E-state index in [-0.39, 0.29) is 6.61 Å². The van der Waals surface area contributed by atoms with E-state index in [1.54, 1.807) is 30.3 Å². The molecule has 0 aliphatic carbocycles. The summed E-state index contributed by atoms with van der Waals surface area (Å²) >= 11 is 0. The number of urea groups is 1. The molecular formula is C21H22N2O7. The number of amides is 3. The Morgan fingerprint density at radius 1 is 0.933 bits per heavy atom. The molecule has 9 heteroatoms. The monoisotopic (exact) mass is 414 g/mol. The van der Waals surface area contributed by atoms with Crippen molar-refractivity contribution in [2.24, 2.45) is 0 Å². The third-order valence-corrected chi connectivity index (χ3v) is 3.97. The molecule has 30 heavy (non-hydrogen) atoms. The molecule has 1 aliphatic heterocycles. The fourth-order valence-electron chi connectivity index (χ4n) is 2.79. The number of carbonyl (C=O) groups is 3. The summed E-state index contributed by atoms with van der Waals surface area (Å²) in [6.07, 6.45) is 0. The minimum absolute atomic E-state index is 0.348. The fraction of sp³-hybridized carbons (Fsp3) is 0.286. The van der Waals surface area contributed by atoms with Crippen LogP contribution in [0.2, 0.25) is 0 Å². The molecule has 0 unspecified atom stereocenters. The lowest BCUT2D eigenvalue weighted by molar-refractivity contribution is -0.150. The summed E-state index contributed by atoms with van der Waals surface area (Å²) in [6, 6.07) is 9.64. The first-order chi connectivity index (χ1) is 14.4. The molecule has 0 spiro atoms. The predicted molar refractivity (Wildman–Crippen MR) is 107 cm³/mol. The molecule has 1 aliphatic rings. The van der Waals surface area contributed by atoms with E-state index in [0.717, 1.165) is 11.1 Å². The fourth-order valence-corrected chi connectivity index (χ4v) is 2.79. The molecule has 2 N–H and O–H groups in total. The number of rotatable bonds is 6. The van der Waals surface area contributed by atoms with Crippen LogP contribution >= 0.6 is 0 Å². The van der Waals surface area contributed by atoms with E-state index in [1.165, 1.54) is 0 Å². The van der Waals surface area contributed by atoms with Gasteiger partial charge in [-0.15, -0.1) is 0 Å². The van der Waals surface area contributed by atoms with Gasteiger partial charge in [0.05, 0.1) is 0 Å². The SMILES string of the molecule is Cc1cc(C)cc(OCC(=O)OCC(=O)NC(=O)Nc2ccc3c(c2)OCCO3)c1. The number of nitrogens with one attached hydrogen (secondary N) is 2. The van der Waals surface area contributed by atoms with Gasteiger partial charge < -0.3 is 24.3 Å². The number of imide groups is 1. The van der Waals surface area contributed by atoms with Crippen molar-refractivity contribution in [1.29, 1.82) is 0 Å². The Kier molecular flexibility index (Phi) is 6.74. The topological polar surface area (TPSA) is 112 Å². The van der Waals surface area contributed by atoms with Crippen molar-refractivity contribution in [3.8, 4) is 17.2 Å². The maximum Gasteiger partial charge on any atom is 0.344 e. The van der Waals surface area contributed by atoms with Crippen molar-refractivity contribution < 1.29 is 33.3 Å². The van der Waals surface area contributed by atoms with Crippen LogP contribution in [0.3, 0.4) is 0 Å². The molecule has 0 fully saturated rings. The lowest BCUT2D eigenvalue weighted by Crippen LogP contribution is -2.37. The first-order valence-corrected chi connectivity index (χ1v) is 9.26. The van der Waals surface area contributed by atoms with Crippen LogP contribution in [-0.2, 0) is 14.3 Å². The Balaban J connectivity index is 1.39. The number of esters is 1. The molecule has 3 rings (SSSR count). The van der Waals surface area contributed by atoms with Crippen LogP contribution in [-0.4, -0.2) is 44.3 Å². The summed E-state index contributed by atoms with van der Waals surface area (Å²) in [6.45, 7) is 3.75. The molecule has 0 atom stereocenters. The minimum Gasteiger partial charge on any atom is -0.486 e. The number of anilines is 1. The predicted octanol–water partition coefficient (Wildman–Crippen LogP) is 2.34. The second-order valence-corrected chi connectivity index (χ2v) is 6.63. The quantitative estimate of drug-likeness (QED) is 0.698. The van der Waals surface area contributed by atoms with Gasteiger partial charge in [0.2, 0.25) is 0 Å². The summed E-state index contributed by atoms with van der Waals surface area (Å²) in [7, 11) is 0. The molecule has 0 saturated carbocycles. The largest absolute Gasteiger partial charge is 0.486 e. The highest BCUT2D eigenvalue weighted by Crippen LogP contribution is 2.32. The number of fused-ring (bicyclic) bond motifs is 1. The van der Waals surface area contributed by atoms with Crippen molar-refractivity contribution in [3.63, 3.8) is 0 Å². The average molecular weight is 414 g/mol. The zero-order valence-electron chi connectivity index (χ0n) is 16.7. The van der Waals surface area contributed by atoms with Crippen LogP contribution in [0.1, 0.15) is 11.1 Å². The van der Waals surface area contributed by atoms with Crippen molar-refractivity contribution in [2.45, 2.75) is 13.8 Å². The zero-order chi connectivity index (χ0) is 21.5. The van der Waals surface area contributed by atoms with E-state index < -0.39 is 24.5 Å². The Hall–Kier alpha value is -3.75. The molecule has 0 aromatic heterocycles. The van der Waals surface area contributed by atoms with Gasteiger partial charge >= 0.3 is 12.0 Å². The third-order valence-electron chi connectivity index (χ3n) is 3.97. The molecule has 0 bridgehead atoms. The Bertz CT molecular complexity index is 938. The highest BCUT2D eigenvalue weighted by molar-refractivity contribution is 6.02. The van der Waals surface area contributed by atoms with E-state index in [4.69, 9.17) is 18.9 Å². The van der Waals surface area contributed by atoms with Gasteiger partial charge in [0.15, 0.2) is 24.7 Å². The summed E-state index contributed by atoms with van der Waals surface area (Å²) in [5, 5.41) is 4.57. The normalized spacial score (nSPS) is 11.9. The molecule has 2 aromatic rings. The van der Waals surface area contributed by atoms with Gasteiger partial charge in [-0.2, -0.15) is 0 Å². The highest BCUT2D eigenvalue weighted by atomic mass is 16.6. The third kappa shape index (κ3) is 6.13. The Morgan fingerprint density at radius 2 is 1.63 bits per heavy atom. The Morgan fingerprint density at radius 3 is 2.37 bits per heavy atom. The summed E-state index contributed by atoms with van der Waals surface area (Å²) < 4.78 is 21.0. The molecule has 158 valence electrons. The summed E-state index contributed by atoms with van der Waals surface area (Å²) in [5.41, 5.74) is 2.42. The summed E-state index contributed by atoms with van der Waals surface area (Å²) in [5.74, 6) is 0.121. The van der Waals surface area contributed by atoms with Crippen LogP contribution in [0.25, 0.3) is 0 Å². The van der Waals surface area contributed by atoms with Gasteiger partial charge in [0, 0.05) is 11.8 Å². The van der Waals surface area contributed by atoms with Gasteiger partial charge in [0.1, 0.15) is 19.0 Å². The van der Waals surface area contributed by atoms with E-state index in [0.29, 0.717) is 36.1 Å². The van der Waals surface area contributed by atoms with E-state index in [1.807, 2.05) is 19.9 Å². The second kappa shape index (κ2) is 9.64. The smallest absolute Gasteiger partial charge is 0.344 e. The van der Waals surface area contributed by atoms with Crippen LogP contribution in [0.5, 0.6) is 17.2 Å². The number of aryl methyl sites for hydroxylation is 2. The number of hydrogen-bond donors (Lipinski definition) is 2. The number of carbonyl (C=O) groups excluding carboxylic acids is 3. The van der Waals surface area contributed by atoms with Crippen LogP contribution in [0.15, 0.2) is 36.4 Å². The van der Waals surface area contributed by atoms with Crippen LogP contribution in [0.4, 0.5) is 10.5 Å². The molecule has 9 nitrogen and oxygen atoms in total. The van der Waals surface area contributed by atoms with E-state index in [2.05, 4.69) is 10.6 Å². The zero-order valence-corrected chi connectivity index (χ0v) is 16.7. The van der Waals surface area contributed by atoms with Crippen molar-refractivity contribution >= 4 is 23.6 Å². The number of benzene rings is 2. The van der Waals surface area contributed by atoms with Gasteiger partial charge in [-0.25, -0.2) is 9.59 Å². The Labute approximate surface area is 173 Å². The maximum atomic E-state index is 11.9. The lowest BCUT2D eigenvalue weighted by atomic mass is 10.1. The average Bonchev–Trinajstić information content (AvgIpc) is 2.70. The lowest BCUT2D eigenvalue weighted by Gasteiger charge is -2.19. The standard InChI is InChI=1S/C21H22N2O7/c1-13-7-14(2)9-16(8-13)29-12-20(25)30-11-19(24)23-21(26)22-15-3-4-17-18(10-15)28-6-5-27-17/h3-4,7-10H,5-6,11-12H2,1-2H3,(H2,22,23,24,26). The first kappa shape index (κ1) is 21.0. The van der Waals surface area contributed by atoms with Crippen LogP contribution < -0.4 is 24.8 Å². The van der Waals surface area contributed by atoms with E-state index >= 15 is 0 Å². The highest BCUT2D eigenvalue weighted by Gasteiger charge is 2.15. The van der Waals surface area contributed by atoms with Crippen molar-refractivity contribution in [2.75, 3.05) is 31.7 Å². The van der Waals surface area contributed by atoms with Crippen molar-refractivity contribution in [1.82, 2.24) is 5.32 Å². The minimum atomic E-state index is -0.773. The maximum absolute atomic E-state index is 11.9. The summed E-state index contributed by atoms with van der Waals surface area (Å²) in [4.78, 5) is 35.5. The van der Waals surface area contributed by atoms with Gasteiger partial charge in [0.25, 0.3) is 5.91 Å². The van der Waals surface area contributed by atoms with Gasteiger partial charge in [-0.05, 0) is 49.2 Å².